The van der Waals surface area contributed by atoms with Crippen LogP contribution in [0.1, 0.15) is 18.1 Å². The molecule has 4 heteroatoms. The van der Waals surface area contributed by atoms with Gasteiger partial charge in [-0.05, 0) is 55.2 Å². The van der Waals surface area contributed by atoms with E-state index in [2.05, 4.69) is 0 Å². The number of nitrogens with two attached hydrogens (primary N) is 1. The molecule has 0 aliphatic heterocycles. The van der Waals surface area contributed by atoms with Crippen LogP contribution in [0, 0.1) is 11.6 Å². The van der Waals surface area contributed by atoms with Crippen molar-refractivity contribution in [2.24, 2.45) is 5.73 Å². The lowest BCUT2D eigenvalue weighted by atomic mass is 9.87. The number of benzene rings is 2. The average Bonchev–Trinajstić information content (AvgIpc) is 2.33. The molecule has 2 rings (SSSR count). The Balaban J connectivity index is 2.12. The van der Waals surface area contributed by atoms with Crippen LogP contribution in [0.4, 0.5) is 8.78 Å². The molecular formula is C16H16ClF2N. The Hall–Kier alpha value is -1.45. The Morgan fingerprint density at radius 1 is 1.05 bits per heavy atom. The van der Waals surface area contributed by atoms with Crippen molar-refractivity contribution < 1.29 is 8.78 Å². The van der Waals surface area contributed by atoms with Crippen LogP contribution in [0.2, 0.25) is 5.02 Å². The van der Waals surface area contributed by atoms with Crippen LogP contribution in [0.5, 0.6) is 0 Å². The smallest absolute Gasteiger partial charge is 0.142 e. The highest BCUT2D eigenvalue weighted by atomic mass is 35.5. The van der Waals surface area contributed by atoms with E-state index in [0.717, 1.165) is 11.1 Å². The largest absolute Gasteiger partial charge is 0.325 e. The third kappa shape index (κ3) is 4.02. The Kier molecular flexibility index (Phi) is 4.41. The molecule has 2 N–H and O–H groups in total. The molecular weight excluding hydrogens is 280 g/mol. The molecule has 20 heavy (non-hydrogen) atoms. The third-order valence-electron chi connectivity index (χ3n) is 3.09. The molecule has 0 fully saturated rings. The van der Waals surface area contributed by atoms with E-state index in [1.165, 1.54) is 24.3 Å². The van der Waals surface area contributed by atoms with Crippen molar-refractivity contribution in [1.82, 2.24) is 0 Å². The van der Waals surface area contributed by atoms with E-state index in [1.807, 2.05) is 13.0 Å². The van der Waals surface area contributed by atoms with Gasteiger partial charge in [0.15, 0.2) is 0 Å². The van der Waals surface area contributed by atoms with Crippen molar-refractivity contribution in [3.63, 3.8) is 0 Å². The van der Waals surface area contributed by atoms with E-state index in [9.17, 15) is 8.78 Å². The molecule has 0 saturated heterocycles. The molecule has 0 aromatic heterocycles. The zero-order valence-electron chi connectivity index (χ0n) is 11.2. The highest BCUT2D eigenvalue weighted by molar-refractivity contribution is 6.30. The van der Waals surface area contributed by atoms with Crippen molar-refractivity contribution in [2.45, 2.75) is 25.3 Å². The fourth-order valence-corrected chi connectivity index (χ4v) is 2.41. The van der Waals surface area contributed by atoms with Crippen LogP contribution in [0.3, 0.4) is 0 Å². The van der Waals surface area contributed by atoms with E-state index >= 15 is 0 Å². The van der Waals surface area contributed by atoms with Gasteiger partial charge in [-0.15, -0.1) is 0 Å². The Morgan fingerprint density at radius 2 is 1.70 bits per heavy atom. The molecule has 2 aromatic carbocycles. The van der Waals surface area contributed by atoms with Crippen LogP contribution in [0.15, 0.2) is 42.5 Å². The second-order valence-corrected chi connectivity index (χ2v) is 5.79. The lowest BCUT2D eigenvalue weighted by Gasteiger charge is -2.25. The predicted molar refractivity (Wildman–Crippen MR) is 77.8 cm³/mol. The van der Waals surface area contributed by atoms with Crippen molar-refractivity contribution in [3.8, 4) is 0 Å². The minimum absolute atomic E-state index is 0.0950. The van der Waals surface area contributed by atoms with Gasteiger partial charge in [0.1, 0.15) is 11.6 Å². The second-order valence-electron chi connectivity index (χ2n) is 5.39. The fraction of sp³-hybridized carbons (Fsp3) is 0.250. The van der Waals surface area contributed by atoms with Gasteiger partial charge in [0.25, 0.3) is 0 Å². The van der Waals surface area contributed by atoms with Gasteiger partial charge in [-0.1, -0.05) is 29.8 Å². The average molecular weight is 296 g/mol. The van der Waals surface area contributed by atoms with E-state index in [4.69, 9.17) is 17.3 Å². The molecule has 0 saturated carbocycles. The molecule has 106 valence electrons. The molecule has 0 bridgehead atoms. The molecule has 1 atom stereocenters. The highest BCUT2D eigenvalue weighted by Gasteiger charge is 2.20. The van der Waals surface area contributed by atoms with E-state index in [-0.39, 0.29) is 10.8 Å². The topological polar surface area (TPSA) is 26.0 Å². The van der Waals surface area contributed by atoms with Gasteiger partial charge in [-0.25, -0.2) is 8.78 Å². The van der Waals surface area contributed by atoms with E-state index in [1.54, 1.807) is 12.1 Å². The minimum Gasteiger partial charge on any atom is -0.325 e. The monoisotopic (exact) mass is 295 g/mol. The maximum Gasteiger partial charge on any atom is 0.142 e. The Labute approximate surface area is 122 Å². The summed E-state index contributed by atoms with van der Waals surface area (Å²) in [5, 5.41) is 0.0950. The maximum absolute atomic E-state index is 13.4. The summed E-state index contributed by atoms with van der Waals surface area (Å²) in [5.74, 6) is -0.735. The summed E-state index contributed by atoms with van der Waals surface area (Å²) in [6.45, 7) is 1.87. The third-order valence-corrected chi connectivity index (χ3v) is 3.40. The van der Waals surface area contributed by atoms with Crippen LogP contribution < -0.4 is 5.73 Å². The zero-order chi connectivity index (χ0) is 14.8. The van der Waals surface area contributed by atoms with Gasteiger partial charge in [0.2, 0.25) is 0 Å². The van der Waals surface area contributed by atoms with Gasteiger partial charge in [-0.2, -0.15) is 0 Å². The normalized spacial score (nSPS) is 14.1. The van der Waals surface area contributed by atoms with Crippen LogP contribution >= 0.6 is 11.6 Å². The highest BCUT2D eigenvalue weighted by Crippen LogP contribution is 2.21. The van der Waals surface area contributed by atoms with Gasteiger partial charge in [0, 0.05) is 5.54 Å². The summed E-state index contributed by atoms with van der Waals surface area (Å²) in [5.41, 5.74) is 7.25. The van der Waals surface area contributed by atoms with E-state index < -0.39 is 11.4 Å². The first-order valence-corrected chi connectivity index (χ1v) is 6.71. The van der Waals surface area contributed by atoms with Gasteiger partial charge in [0.05, 0.1) is 5.02 Å². The molecule has 0 aliphatic rings. The van der Waals surface area contributed by atoms with Gasteiger partial charge in [-0.3, -0.25) is 0 Å². The summed E-state index contributed by atoms with van der Waals surface area (Å²) in [4.78, 5) is 0. The number of rotatable bonds is 4. The Bertz CT molecular complexity index is 611. The molecule has 0 spiro atoms. The predicted octanol–water partition coefficient (Wildman–Crippen LogP) is 4.12. The standard InChI is InChI=1S/C16H16ClF2N/c1-16(20,9-11-3-2-4-13(18)7-11)10-12-5-6-14(17)15(19)8-12/h2-8H,9-10,20H2,1H3. The summed E-state index contributed by atoms with van der Waals surface area (Å²) in [7, 11) is 0. The number of halogens is 3. The number of hydrogen-bond acceptors (Lipinski definition) is 1. The van der Waals surface area contributed by atoms with E-state index in [0.29, 0.717) is 12.8 Å². The van der Waals surface area contributed by atoms with Gasteiger partial charge < -0.3 is 5.73 Å². The first kappa shape index (κ1) is 14.9. The van der Waals surface area contributed by atoms with Gasteiger partial charge >= 0.3 is 0 Å². The first-order valence-electron chi connectivity index (χ1n) is 6.33. The molecule has 1 unspecified atom stereocenters. The SMILES string of the molecule is CC(N)(Cc1cccc(F)c1)Cc1ccc(Cl)c(F)c1. The lowest BCUT2D eigenvalue weighted by Crippen LogP contribution is -2.41. The number of hydrogen-bond donors (Lipinski definition) is 1. The first-order chi connectivity index (χ1) is 9.35. The van der Waals surface area contributed by atoms with Crippen molar-refractivity contribution in [1.29, 1.82) is 0 Å². The summed E-state index contributed by atoms with van der Waals surface area (Å²) in [6.07, 6.45) is 0.993. The minimum atomic E-state index is -0.589. The van der Waals surface area contributed by atoms with Crippen molar-refractivity contribution in [3.05, 3.63) is 70.2 Å². The summed E-state index contributed by atoms with van der Waals surface area (Å²) in [6, 6.07) is 11.0. The molecule has 0 aliphatic carbocycles. The zero-order valence-corrected chi connectivity index (χ0v) is 11.9. The summed E-state index contributed by atoms with van der Waals surface area (Å²) >= 11 is 5.65. The second kappa shape index (κ2) is 5.90. The maximum atomic E-state index is 13.4. The van der Waals surface area contributed by atoms with Crippen LogP contribution in [-0.4, -0.2) is 5.54 Å². The van der Waals surface area contributed by atoms with Crippen LogP contribution in [-0.2, 0) is 12.8 Å². The summed E-state index contributed by atoms with van der Waals surface area (Å²) < 4.78 is 26.6. The fourth-order valence-electron chi connectivity index (χ4n) is 2.29. The van der Waals surface area contributed by atoms with Crippen molar-refractivity contribution >= 4 is 11.6 Å². The molecule has 2 aromatic rings. The lowest BCUT2D eigenvalue weighted by molar-refractivity contribution is 0.460. The molecule has 0 radical (unpaired) electrons. The molecule has 0 heterocycles. The Morgan fingerprint density at radius 3 is 2.30 bits per heavy atom. The quantitative estimate of drug-likeness (QED) is 0.902. The van der Waals surface area contributed by atoms with Crippen molar-refractivity contribution in [2.75, 3.05) is 0 Å². The van der Waals surface area contributed by atoms with Crippen LogP contribution in [0.25, 0.3) is 0 Å². The molecule has 1 nitrogen and oxygen atoms in total. The molecule has 0 amide bonds.